The van der Waals surface area contributed by atoms with Crippen molar-refractivity contribution in [3.8, 4) is 33.4 Å². The van der Waals surface area contributed by atoms with Gasteiger partial charge in [-0.3, -0.25) is 0 Å². The maximum Gasteiger partial charge on any atom is 0.159 e. The van der Waals surface area contributed by atoms with Gasteiger partial charge in [-0.2, -0.15) is 0 Å². The van der Waals surface area contributed by atoms with Crippen molar-refractivity contribution in [2.24, 2.45) is 0 Å². The summed E-state index contributed by atoms with van der Waals surface area (Å²) >= 11 is 0. The quantitative estimate of drug-likeness (QED) is 0.176. The lowest BCUT2D eigenvalue weighted by molar-refractivity contribution is 0.660. The van der Waals surface area contributed by atoms with Gasteiger partial charge in [-0.25, -0.2) is 0 Å². The smallest absolute Gasteiger partial charge is 0.159 e. The lowest BCUT2D eigenvalue weighted by atomic mass is 9.82. The Kier molecular flexibility index (Phi) is 6.98. The predicted octanol–water partition coefficient (Wildman–Crippen LogP) is 15.7. The average Bonchev–Trinajstić information content (AvgIpc) is 3.92. The molecule has 9 aromatic carbocycles. The van der Waals surface area contributed by atoms with Crippen LogP contribution in [0.3, 0.4) is 0 Å². The molecule has 0 fully saturated rings. The Balaban J connectivity index is 1.21. The summed E-state index contributed by atoms with van der Waals surface area (Å²) in [6, 6.07) is 67.6. The van der Waals surface area contributed by atoms with Gasteiger partial charge in [0.25, 0.3) is 0 Å². The van der Waals surface area contributed by atoms with E-state index in [-0.39, 0.29) is 5.41 Å². The van der Waals surface area contributed by atoms with E-state index in [1.54, 1.807) is 0 Å². The third kappa shape index (κ3) is 4.68. The van der Waals surface area contributed by atoms with E-state index in [0.29, 0.717) is 0 Å². The first kappa shape index (κ1) is 32.8. The molecule has 0 amide bonds. The molecule has 0 N–H and O–H groups in total. The Morgan fingerprint density at radius 3 is 1.86 bits per heavy atom. The highest BCUT2D eigenvalue weighted by Gasteiger charge is 2.36. The van der Waals surface area contributed by atoms with E-state index < -0.39 is 0 Å². The van der Waals surface area contributed by atoms with Crippen molar-refractivity contribution >= 4 is 71.7 Å². The number of hydrogen-bond donors (Lipinski definition) is 0. The van der Waals surface area contributed by atoms with Crippen LogP contribution in [0.5, 0.6) is 0 Å². The standard InChI is InChI=1S/C55H37NO2/c1-55(2)45-25-13-11-21-38(45)39-29-28-36(32-46(39)55)56(48-26-15-24-42-40-22-12-14-27-49(40)57-54(42)48)47-30-31-50-52(51(47)35-18-7-4-8-19-35)44-33-43(34-16-5-3-6-17-34)37-20-9-10-23-41(37)53(44)58-50/h3-33H,1-2H3. The van der Waals surface area contributed by atoms with Gasteiger partial charge in [0.05, 0.1) is 11.4 Å². The molecule has 0 atom stereocenters. The molecule has 2 aromatic heterocycles. The molecular weight excluding hydrogens is 707 g/mol. The Hall–Kier alpha value is -7.36. The number of para-hydroxylation sites is 2. The second-order valence-corrected chi connectivity index (χ2v) is 16.0. The fraction of sp³-hybridized carbons (Fsp3) is 0.0545. The van der Waals surface area contributed by atoms with Crippen LogP contribution in [0.25, 0.3) is 88.0 Å². The van der Waals surface area contributed by atoms with Crippen molar-refractivity contribution in [3.05, 3.63) is 199 Å². The molecule has 3 heteroatoms. The van der Waals surface area contributed by atoms with E-state index in [9.17, 15) is 0 Å². The minimum absolute atomic E-state index is 0.180. The summed E-state index contributed by atoms with van der Waals surface area (Å²) < 4.78 is 13.8. The minimum atomic E-state index is -0.180. The first-order chi connectivity index (χ1) is 28.5. The fourth-order valence-electron chi connectivity index (χ4n) is 9.77. The molecule has 0 bridgehead atoms. The van der Waals surface area contributed by atoms with E-state index in [4.69, 9.17) is 8.83 Å². The molecule has 3 nitrogen and oxygen atoms in total. The van der Waals surface area contributed by atoms with E-state index >= 15 is 0 Å². The molecule has 274 valence electrons. The maximum atomic E-state index is 6.96. The molecule has 1 aliphatic carbocycles. The maximum absolute atomic E-state index is 6.96. The second kappa shape index (κ2) is 12.3. The van der Waals surface area contributed by atoms with Crippen molar-refractivity contribution in [2.75, 3.05) is 4.90 Å². The number of anilines is 3. The van der Waals surface area contributed by atoms with Gasteiger partial charge < -0.3 is 13.7 Å². The zero-order valence-electron chi connectivity index (χ0n) is 32.2. The monoisotopic (exact) mass is 743 g/mol. The number of benzene rings is 9. The summed E-state index contributed by atoms with van der Waals surface area (Å²) in [5, 5.41) is 6.62. The van der Waals surface area contributed by atoms with Crippen LogP contribution in [0.15, 0.2) is 197 Å². The molecular formula is C55H37NO2. The van der Waals surface area contributed by atoms with Gasteiger partial charge in [0.2, 0.25) is 0 Å². The Bertz CT molecular complexity index is 3430. The highest BCUT2D eigenvalue weighted by atomic mass is 16.3. The number of hydrogen-bond acceptors (Lipinski definition) is 3. The number of furan rings is 2. The van der Waals surface area contributed by atoms with Crippen LogP contribution in [0, 0.1) is 0 Å². The van der Waals surface area contributed by atoms with Crippen LogP contribution < -0.4 is 4.90 Å². The van der Waals surface area contributed by atoms with Gasteiger partial charge in [0.15, 0.2) is 5.58 Å². The SMILES string of the molecule is CC1(C)c2ccccc2-c2ccc(N(c3ccc4oc5c6ccccc6c(-c6ccccc6)cc5c4c3-c3ccccc3)c3cccc4c3oc3ccccc34)cc21. The van der Waals surface area contributed by atoms with E-state index in [2.05, 4.69) is 201 Å². The molecule has 12 rings (SSSR count). The van der Waals surface area contributed by atoms with Crippen molar-refractivity contribution in [3.63, 3.8) is 0 Å². The summed E-state index contributed by atoms with van der Waals surface area (Å²) in [5.74, 6) is 0. The molecule has 1 aliphatic rings. The van der Waals surface area contributed by atoms with Gasteiger partial charge in [-0.05, 0) is 86.8 Å². The zero-order valence-corrected chi connectivity index (χ0v) is 32.2. The molecule has 11 aromatic rings. The van der Waals surface area contributed by atoms with Crippen molar-refractivity contribution in [1.82, 2.24) is 0 Å². The Morgan fingerprint density at radius 1 is 0.397 bits per heavy atom. The molecule has 0 spiro atoms. The van der Waals surface area contributed by atoms with Crippen LogP contribution in [-0.4, -0.2) is 0 Å². The van der Waals surface area contributed by atoms with Crippen LogP contribution >= 0.6 is 0 Å². The van der Waals surface area contributed by atoms with Crippen molar-refractivity contribution in [1.29, 1.82) is 0 Å². The summed E-state index contributed by atoms with van der Waals surface area (Å²) in [6.45, 7) is 4.69. The summed E-state index contributed by atoms with van der Waals surface area (Å²) in [6.07, 6.45) is 0. The fourth-order valence-corrected chi connectivity index (χ4v) is 9.77. The van der Waals surface area contributed by atoms with Gasteiger partial charge in [0, 0.05) is 43.6 Å². The van der Waals surface area contributed by atoms with Crippen LogP contribution in [0.1, 0.15) is 25.0 Å². The van der Waals surface area contributed by atoms with E-state index in [0.717, 1.165) is 77.5 Å². The third-order valence-corrected chi connectivity index (χ3v) is 12.5. The molecule has 0 radical (unpaired) electrons. The topological polar surface area (TPSA) is 29.5 Å². The van der Waals surface area contributed by atoms with Crippen molar-refractivity contribution in [2.45, 2.75) is 19.3 Å². The first-order valence-electron chi connectivity index (χ1n) is 20.0. The van der Waals surface area contributed by atoms with Gasteiger partial charge in [-0.1, -0.05) is 159 Å². The molecule has 0 saturated heterocycles. The highest BCUT2D eigenvalue weighted by Crippen LogP contribution is 2.54. The second-order valence-electron chi connectivity index (χ2n) is 16.0. The minimum Gasteiger partial charge on any atom is -0.455 e. The van der Waals surface area contributed by atoms with Gasteiger partial charge in [0.1, 0.15) is 16.7 Å². The summed E-state index contributed by atoms with van der Waals surface area (Å²) in [4.78, 5) is 2.42. The highest BCUT2D eigenvalue weighted by molar-refractivity contribution is 6.24. The summed E-state index contributed by atoms with van der Waals surface area (Å²) in [7, 11) is 0. The number of fused-ring (bicyclic) bond motifs is 11. The largest absolute Gasteiger partial charge is 0.455 e. The lowest BCUT2D eigenvalue weighted by Gasteiger charge is -2.30. The zero-order chi connectivity index (χ0) is 38.5. The number of nitrogens with zero attached hydrogens (tertiary/aromatic N) is 1. The normalized spacial score (nSPS) is 13.1. The molecule has 0 aliphatic heterocycles. The summed E-state index contributed by atoms with van der Waals surface area (Å²) in [5.41, 5.74) is 16.2. The van der Waals surface area contributed by atoms with E-state index in [1.165, 1.54) is 38.8 Å². The van der Waals surface area contributed by atoms with Gasteiger partial charge in [-0.15, -0.1) is 0 Å². The Morgan fingerprint density at radius 2 is 1.03 bits per heavy atom. The molecule has 0 unspecified atom stereocenters. The third-order valence-electron chi connectivity index (χ3n) is 12.5. The Labute approximate surface area is 336 Å². The van der Waals surface area contributed by atoms with Crippen LogP contribution in [0.2, 0.25) is 0 Å². The first-order valence-corrected chi connectivity index (χ1v) is 20.0. The van der Waals surface area contributed by atoms with E-state index in [1.807, 2.05) is 6.07 Å². The van der Waals surface area contributed by atoms with Crippen LogP contribution in [-0.2, 0) is 5.41 Å². The van der Waals surface area contributed by atoms with Crippen LogP contribution in [0.4, 0.5) is 17.1 Å². The number of rotatable bonds is 5. The van der Waals surface area contributed by atoms with Crippen molar-refractivity contribution < 1.29 is 8.83 Å². The molecule has 0 saturated carbocycles. The lowest BCUT2D eigenvalue weighted by Crippen LogP contribution is -2.17. The van der Waals surface area contributed by atoms with Gasteiger partial charge >= 0.3 is 0 Å². The molecule has 58 heavy (non-hydrogen) atoms. The molecule has 2 heterocycles. The predicted molar refractivity (Wildman–Crippen MR) is 242 cm³/mol. The average molecular weight is 744 g/mol.